The van der Waals surface area contributed by atoms with Crippen molar-refractivity contribution in [2.45, 2.75) is 35.8 Å². The first kappa shape index (κ1) is 19.1. The van der Waals surface area contributed by atoms with Crippen LogP contribution in [-0.4, -0.2) is 51.2 Å². The largest absolute Gasteiger partial charge is 0.460 e. The van der Waals surface area contributed by atoms with E-state index in [1.807, 2.05) is 0 Å². The molecule has 0 rings (SSSR count). The first-order valence-corrected chi connectivity index (χ1v) is 4.00. The summed E-state index contributed by atoms with van der Waals surface area (Å²) in [7, 11) is 0. The van der Waals surface area contributed by atoms with Gasteiger partial charge in [-0.3, -0.25) is 0 Å². The van der Waals surface area contributed by atoms with Crippen molar-refractivity contribution >= 4 is 0 Å². The fourth-order valence-corrected chi connectivity index (χ4v) is 0.783. The van der Waals surface area contributed by atoms with Crippen molar-refractivity contribution in [3.8, 4) is 0 Å². The van der Waals surface area contributed by atoms with E-state index < -0.39 is 35.8 Å². The zero-order valence-corrected chi connectivity index (χ0v) is 8.50. The van der Waals surface area contributed by atoms with Gasteiger partial charge in [0.15, 0.2) is 0 Å². The molecule has 0 aliphatic carbocycles. The fourth-order valence-electron chi connectivity index (χ4n) is 0.783. The molecule has 3 nitrogen and oxygen atoms in total. The van der Waals surface area contributed by atoms with Crippen LogP contribution in [0, 0.1) is 0 Å². The number of hydrogen-bond donors (Lipinski definition) is 3. The highest BCUT2D eigenvalue weighted by Gasteiger charge is 2.90. The fraction of sp³-hybridized carbons (Fsp3) is 1.00. The Morgan fingerprint density at radius 2 is 0.650 bits per heavy atom. The van der Waals surface area contributed by atoms with Gasteiger partial charge in [0.1, 0.15) is 0 Å². The number of rotatable bonds is 4. The Balaban J connectivity index is 6.08. The van der Waals surface area contributed by atoms with Crippen LogP contribution >= 0.6 is 0 Å². The van der Waals surface area contributed by atoms with E-state index >= 15 is 0 Å². The predicted molar refractivity (Wildman–Crippen MR) is 35.2 cm³/mol. The topological polar surface area (TPSA) is 60.7 Å². The molecule has 0 aliphatic rings. The van der Waals surface area contributed by atoms with Gasteiger partial charge in [0, 0.05) is 0 Å². The van der Waals surface area contributed by atoms with Gasteiger partial charge in [0.05, 0.1) is 0 Å². The lowest BCUT2D eigenvalue weighted by atomic mass is 9.96. The smallest absolute Gasteiger partial charge is 0.339 e. The molecule has 0 aromatic heterocycles. The van der Waals surface area contributed by atoms with Crippen molar-refractivity contribution in [3.63, 3.8) is 0 Å². The van der Waals surface area contributed by atoms with Gasteiger partial charge < -0.3 is 15.3 Å². The molecule has 122 valence electrons. The highest BCUT2D eigenvalue weighted by molar-refractivity contribution is 5.07. The van der Waals surface area contributed by atoms with E-state index in [9.17, 15) is 48.3 Å². The van der Waals surface area contributed by atoms with Gasteiger partial charge in [-0.15, -0.1) is 0 Å². The Bertz CT molecular complexity index is 329. The molecule has 0 aromatic rings. The summed E-state index contributed by atoms with van der Waals surface area (Å²) in [5.41, 5.74) is 0. The summed E-state index contributed by atoms with van der Waals surface area (Å²) in [6.07, 6.45) is -7.36. The van der Waals surface area contributed by atoms with E-state index in [0.29, 0.717) is 0 Å². The lowest BCUT2D eigenvalue weighted by Crippen LogP contribution is -2.71. The quantitative estimate of drug-likeness (QED) is 0.543. The molecule has 0 saturated carbocycles. The van der Waals surface area contributed by atoms with Gasteiger partial charge in [0.2, 0.25) is 0 Å². The molecule has 0 amide bonds. The third kappa shape index (κ3) is 2.28. The van der Waals surface area contributed by atoms with Crippen LogP contribution in [0.15, 0.2) is 0 Å². The summed E-state index contributed by atoms with van der Waals surface area (Å²) in [5, 5.41) is 23.2. The van der Waals surface area contributed by atoms with Crippen LogP contribution in [0.4, 0.5) is 48.3 Å². The maximum absolute atomic E-state index is 12.5. The molecule has 0 aliphatic heterocycles. The Morgan fingerprint density at radius 1 is 0.400 bits per heavy atom. The molecule has 0 fully saturated rings. The van der Waals surface area contributed by atoms with Gasteiger partial charge in [-0.25, -0.2) is 0 Å². The van der Waals surface area contributed by atoms with Crippen LogP contribution in [0.3, 0.4) is 0 Å². The lowest BCUT2D eigenvalue weighted by Gasteiger charge is -2.39. The third-order valence-corrected chi connectivity index (χ3v) is 1.96. The predicted octanol–water partition coefficient (Wildman–Crippen LogP) is 1.72. The Labute approximate surface area is 101 Å². The zero-order valence-electron chi connectivity index (χ0n) is 8.50. The summed E-state index contributed by atoms with van der Waals surface area (Å²) in [6, 6.07) is 0. The van der Waals surface area contributed by atoms with Gasteiger partial charge in [0.25, 0.3) is 0 Å². The lowest BCUT2D eigenvalue weighted by molar-refractivity contribution is -0.489. The number of halogens is 11. The van der Waals surface area contributed by atoms with Crippen molar-refractivity contribution in [1.82, 2.24) is 0 Å². The zero-order chi connectivity index (χ0) is 17.0. The highest BCUT2D eigenvalue weighted by atomic mass is 19.4. The summed E-state index contributed by atoms with van der Waals surface area (Å²) in [6.45, 7) is 0. The van der Waals surface area contributed by atoms with Gasteiger partial charge >= 0.3 is 35.8 Å². The minimum Gasteiger partial charge on any atom is -0.339 e. The van der Waals surface area contributed by atoms with Crippen molar-refractivity contribution in [2.24, 2.45) is 0 Å². The van der Waals surface area contributed by atoms with Crippen LogP contribution in [0.2, 0.25) is 0 Å². The first-order valence-electron chi connectivity index (χ1n) is 4.00. The molecule has 0 saturated heterocycles. The Hall–Kier alpha value is -0.890. The highest BCUT2D eigenvalue weighted by Crippen LogP contribution is 2.58. The van der Waals surface area contributed by atoms with Gasteiger partial charge in [-0.05, 0) is 0 Å². The van der Waals surface area contributed by atoms with Gasteiger partial charge in [-0.2, -0.15) is 48.3 Å². The monoisotopic (exact) mass is 332 g/mol. The number of aliphatic hydroxyl groups is 3. The van der Waals surface area contributed by atoms with Crippen molar-refractivity contribution in [1.29, 1.82) is 0 Å². The second-order valence-electron chi connectivity index (χ2n) is 3.43. The van der Waals surface area contributed by atoms with Crippen LogP contribution in [0.5, 0.6) is 0 Å². The molecule has 0 atom stereocenters. The van der Waals surface area contributed by atoms with Crippen LogP contribution < -0.4 is 0 Å². The molecule has 0 heterocycles. The van der Waals surface area contributed by atoms with Crippen LogP contribution in [-0.2, 0) is 0 Å². The second kappa shape index (κ2) is 4.30. The molecule has 0 bridgehead atoms. The summed E-state index contributed by atoms with van der Waals surface area (Å²) < 4.78 is 134. The normalized spacial score (nSPS) is 16.5. The standard InChI is InChI=1S/C6H3F11O3/c7-1(8,3(11,12)5(15,16)17)2(9,10)4(13,14)6(18,19)20/h18-20H. The maximum Gasteiger partial charge on any atom is 0.460 e. The van der Waals surface area contributed by atoms with Gasteiger partial charge in [-0.1, -0.05) is 0 Å². The van der Waals surface area contributed by atoms with E-state index in [-0.39, 0.29) is 0 Å². The molecule has 0 spiro atoms. The maximum atomic E-state index is 12.5. The molecule has 0 aromatic carbocycles. The minimum absolute atomic E-state index is 5.98. The molecule has 3 N–H and O–H groups in total. The van der Waals surface area contributed by atoms with E-state index in [1.165, 1.54) is 0 Å². The summed E-state index contributed by atoms with van der Waals surface area (Å²) in [5.74, 6) is -36.3. The SMILES string of the molecule is OC(O)(O)C(F)(F)C(F)(F)C(F)(F)C(F)(F)C(F)(F)F. The first-order chi connectivity index (χ1) is 8.25. The molecule has 0 radical (unpaired) electrons. The van der Waals surface area contributed by atoms with Crippen LogP contribution in [0.1, 0.15) is 0 Å². The average molecular weight is 332 g/mol. The molecular weight excluding hydrogens is 329 g/mol. The number of alkyl halides is 11. The van der Waals surface area contributed by atoms with Crippen LogP contribution in [0.25, 0.3) is 0 Å². The second-order valence-corrected chi connectivity index (χ2v) is 3.43. The molecular formula is C6H3F11O3. The molecule has 0 unspecified atom stereocenters. The van der Waals surface area contributed by atoms with E-state index in [2.05, 4.69) is 0 Å². The van der Waals surface area contributed by atoms with Crippen molar-refractivity contribution in [3.05, 3.63) is 0 Å². The third-order valence-electron chi connectivity index (χ3n) is 1.96. The average Bonchev–Trinajstić information content (AvgIpc) is 2.12. The molecule has 20 heavy (non-hydrogen) atoms. The van der Waals surface area contributed by atoms with E-state index in [1.54, 1.807) is 0 Å². The van der Waals surface area contributed by atoms with Crippen molar-refractivity contribution < 1.29 is 63.6 Å². The number of hydrogen-bond acceptors (Lipinski definition) is 3. The van der Waals surface area contributed by atoms with E-state index in [4.69, 9.17) is 15.3 Å². The summed E-state index contributed by atoms with van der Waals surface area (Å²) >= 11 is 0. The Morgan fingerprint density at radius 3 is 0.850 bits per heavy atom. The Kier molecular flexibility index (Phi) is 4.11. The minimum atomic E-state index is -7.80. The molecule has 14 heteroatoms. The van der Waals surface area contributed by atoms with Crippen molar-refractivity contribution in [2.75, 3.05) is 0 Å². The van der Waals surface area contributed by atoms with E-state index in [0.717, 1.165) is 0 Å². The summed E-state index contributed by atoms with van der Waals surface area (Å²) in [4.78, 5) is 0.